The molecule has 1 heterocycles. The zero-order valence-corrected chi connectivity index (χ0v) is 15.8. The van der Waals surface area contributed by atoms with Crippen molar-refractivity contribution in [3.8, 4) is 5.75 Å². The molecule has 3 amide bonds. The van der Waals surface area contributed by atoms with Gasteiger partial charge in [0.05, 0.1) is 7.11 Å². The van der Waals surface area contributed by atoms with Crippen LogP contribution in [-0.4, -0.2) is 29.2 Å². The van der Waals surface area contributed by atoms with Crippen LogP contribution in [0.4, 0.5) is 4.79 Å². The van der Waals surface area contributed by atoms with Gasteiger partial charge in [0.2, 0.25) is 0 Å². The highest BCUT2D eigenvalue weighted by Gasteiger charge is 2.49. The third-order valence-electron chi connectivity index (χ3n) is 4.35. The van der Waals surface area contributed by atoms with Crippen molar-refractivity contribution in [2.75, 3.05) is 7.11 Å². The van der Waals surface area contributed by atoms with Gasteiger partial charge in [-0.3, -0.25) is 10.2 Å². The molecule has 0 unspecified atom stereocenters. The molecule has 0 spiro atoms. The van der Waals surface area contributed by atoms with Crippen LogP contribution in [0.2, 0.25) is 0 Å². The van der Waals surface area contributed by atoms with Gasteiger partial charge in [-0.2, -0.15) is 5.01 Å². The quantitative estimate of drug-likeness (QED) is 0.541. The fraction of sp³-hybridized carbons (Fsp3) is 0.211. The van der Waals surface area contributed by atoms with E-state index in [1.54, 1.807) is 38.3 Å². The Bertz CT molecular complexity index is 874. The molecule has 0 aromatic heterocycles. The number of rotatable bonds is 5. The number of nitrogens with zero attached hydrogens (tertiary/aromatic N) is 1. The van der Waals surface area contributed by atoms with Gasteiger partial charge in [0, 0.05) is 6.54 Å². The summed E-state index contributed by atoms with van der Waals surface area (Å²) in [4.78, 5) is 25.3. The zero-order chi connectivity index (χ0) is 19.4. The highest BCUT2D eigenvalue weighted by Crippen LogP contribution is 2.30. The monoisotopic (exact) mass is 384 g/mol. The molecule has 27 heavy (non-hydrogen) atoms. The molecule has 1 aliphatic rings. The van der Waals surface area contributed by atoms with E-state index in [2.05, 4.69) is 16.1 Å². The van der Waals surface area contributed by atoms with E-state index in [9.17, 15) is 9.59 Å². The van der Waals surface area contributed by atoms with Crippen LogP contribution >= 0.6 is 12.2 Å². The number of hydrogen-bond acceptors (Lipinski definition) is 4. The number of amides is 3. The topological polar surface area (TPSA) is 82.7 Å². The first kappa shape index (κ1) is 18.7. The summed E-state index contributed by atoms with van der Waals surface area (Å²) >= 11 is 5.21. The van der Waals surface area contributed by atoms with Gasteiger partial charge in [-0.05, 0) is 42.4 Å². The van der Waals surface area contributed by atoms with Gasteiger partial charge in [0.15, 0.2) is 5.11 Å². The molecule has 0 aliphatic carbocycles. The Morgan fingerprint density at radius 2 is 1.93 bits per heavy atom. The van der Waals surface area contributed by atoms with Crippen molar-refractivity contribution >= 4 is 29.3 Å². The van der Waals surface area contributed by atoms with Crippen LogP contribution in [0.3, 0.4) is 0 Å². The summed E-state index contributed by atoms with van der Waals surface area (Å²) in [5, 5.41) is 6.75. The van der Waals surface area contributed by atoms with Crippen molar-refractivity contribution in [3.05, 3.63) is 65.7 Å². The van der Waals surface area contributed by atoms with Gasteiger partial charge < -0.3 is 15.4 Å². The number of imide groups is 1. The fourth-order valence-corrected chi connectivity index (χ4v) is 2.95. The van der Waals surface area contributed by atoms with E-state index in [-0.39, 0.29) is 5.11 Å². The van der Waals surface area contributed by atoms with Crippen LogP contribution in [0.1, 0.15) is 18.1 Å². The summed E-state index contributed by atoms with van der Waals surface area (Å²) in [6, 6.07) is 16.1. The van der Waals surface area contributed by atoms with Crippen molar-refractivity contribution in [3.63, 3.8) is 0 Å². The zero-order valence-electron chi connectivity index (χ0n) is 15.0. The number of benzene rings is 2. The molecule has 8 heteroatoms. The van der Waals surface area contributed by atoms with Crippen molar-refractivity contribution < 1.29 is 14.3 Å². The van der Waals surface area contributed by atoms with Crippen LogP contribution in [0.15, 0.2) is 54.6 Å². The standard InChI is InChI=1S/C19H20N4O3S/c1-19(14-9-6-10-15(11-14)26-2)16(24)23(18(25)21-19)22-17(27)20-12-13-7-4-3-5-8-13/h3-11H,12H2,1-2H3,(H,21,25)(H2,20,22,27)/t19-/m1/s1. The molecule has 1 atom stereocenters. The lowest BCUT2D eigenvalue weighted by Gasteiger charge is -2.23. The van der Waals surface area contributed by atoms with Crippen LogP contribution in [-0.2, 0) is 16.9 Å². The molecule has 1 aliphatic heterocycles. The molecule has 0 saturated carbocycles. The maximum absolute atomic E-state index is 12.9. The minimum atomic E-state index is -1.21. The average molecular weight is 384 g/mol. The van der Waals surface area contributed by atoms with Crippen LogP contribution in [0.5, 0.6) is 5.75 Å². The van der Waals surface area contributed by atoms with Gasteiger partial charge in [-0.1, -0.05) is 42.5 Å². The molecule has 0 bridgehead atoms. The first-order chi connectivity index (χ1) is 12.9. The molecule has 2 aromatic carbocycles. The van der Waals surface area contributed by atoms with E-state index in [1.807, 2.05) is 30.3 Å². The van der Waals surface area contributed by atoms with Crippen molar-refractivity contribution in [2.24, 2.45) is 0 Å². The molecular formula is C19H20N4O3S. The minimum absolute atomic E-state index is 0.178. The molecule has 3 N–H and O–H groups in total. The average Bonchev–Trinajstić information content (AvgIpc) is 2.91. The number of urea groups is 1. The number of methoxy groups -OCH3 is 1. The smallest absolute Gasteiger partial charge is 0.344 e. The summed E-state index contributed by atoms with van der Waals surface area (Å²) in [6.45, 7) is 2.12. The van der Waals surface area contributed by atoms with Crippen LogP contribution in [0, 0.1) is 0 Å². The largest absolute Gasteiger partial charge is 0.497 e. The Labute approximate surface area is 162 Å². The van der Waals surface area contributed by atoms with Crippen molar-refractivity contribution in [1.82, 2.24) is 21.1 Å². The molecule has 0 radical (unpaired) electrons. The lowest BCUT2D eigenvalue weighted by atomic mass is 9.92. The van der Waals surface area contributed by atoms with Gasteiger partial charge in [-0.15, -0.1) is 0 Å². The number of nitrogens with one attached hydrogen (secondary N) is 3. The molecule has 140 valence electrons. The van der Waals surface area contributed by atoms with Crippen LogP contribution < -0.4 is 20.8 Å². The van der Waals surface area contributed by atoms with Gasteiger partial charge >= 0.3 is 6.03 Å². The number of carbonyl (C=O) groups excluding carboxylic acids is 2. The Hall–Kier alpha value is -3.13. The van der Waals surface area contributed by atoms with E-state index in [0.717, 1.165) is 10.6 Å². The summed E-state index contributed by atoms with van der Waals surface area (Å²) in [7, 11) is 1.54. The highest BCUT2D eigenvalue weighted by molar-refractivity contribution is 7.80. The van der Waals surface area contributed by atoms with E-state index in [0.29, 0.717) is 17.9 Å². The SMILES string of the molecule is COc1cccc([C@@]2(C)NC(=O)N(NC(=S)NCc3ccccc3)C2=O)c1. The summed E-state index contributed by atoms with van der Waals surface area (Å²) in [6.07, 6.45) is 0. The minimum Gasteiger partial charge on any atom is -0.497 e. The van der Waals surface area contributed by atoms with Gasteiger partial charge in [0.25, 0.3) is 5.91 Å². The second-order valence-corrected chi connectivity index (χ2v) is 6.62. The Morgan fingerprint density at radius 3 is 2.63 bits per heavy atom. The number of ether oxygens (including phenoxy) is 1. The molecule has 7 nitrogen and oxygen atoms in total. The Kier molecular flexibility index (Phi) is 5.27. The summed E-state index contributed by atoms with van der Waals surface area (Å²) in [5.41, 5.74) is 3.09. The maximum Gasteiger partial charge on any atom is 0.344 e. The predicted molar refractivity (Wildman–Crippen MR) is 105 cm³/mol. The maximum atomic E-state index is 12.9. The normalized spacial score (nSPS) is 18.8. The molecule has 1 fully saturated rings. The highest BCUT2D eigenvalue weighted by atomic mass is 32.1. The van der Waals surface area contributed by atoms with E-state index in [1.165, 1.54) is 0 Å². The Balaban J connectivity index is 1.69. The van der Waals surface area contributed by atoms with Crippen molar-refractivity contribution in [2.45, 2.75) is 19.0 Å². The second-order valence-electron chi connectivity index (χ2n) is 6.21. The third kappa shape index (κ3) is 3.85. The number of thiocarbonyl (C=S) groups is 1. The van der Waals surface area contributed by atoms with Crippen molar-refractivity contribution in [1.29, 1.82) is 0 Å². The first-order valence-electron chi connectivity index (χ1n) is 8.33. The molecule has 1 saturated heterocycles. The van der Waals surface area contributed by atoms with Gasteiger partial charge in [-0.25, -0.2) is 4.79 Å². The first-order valence-corrected chi connectivity index (χ1v) is 8.74. The third-order valence-corrected chi connectivity index (χ3v) is 4.58. The van der Waals surface area contributed by atoms with E-state index < -0.39 is 17.5 Å². The lowest BCUT2D eigenvalue weighted by molar-refractivity contribution is -0.132. The predicted octanol–water partition coefficient (Wildman–Crippen LogP) is 2.04. The number of hydrazine groups is 1. The second kappa shape index (κ2) is 7.63. The van der Waals surface area contributed by atoms with Crippen LogP contribution in [0.25, 0.3) is 0 Å². The lowest BCUT2D eigenvalue weighted by Crippen LogP contribution is -2.51. The van der Waals surface area contributed by atoms with E-state index in [4.69, 9.17) is 17.0 Å². The summed E-state index contributed by atoms with van der Waals surface area (Å²) < 4.78 is 5.20. The number of hydrogen-bond donors (Lipinski definition) is 3. The molecular weight excluding hydrogens is 364 g/mol. The van der Waals surface area contributed by atoms with E-state index >= 15 is 0 Å². The number of carbonyl (C=O) groups is 2. The fourth-order valence-electron chi connectivity index (χ4n) is 2.79. The molecule has 2 aromatic rings. The van der Waals surface area contributed by atoms with Gasteiger partial charge in [0.1, 0.15) is 11.3 Å². The molecule has 3 rings (SSSR count). The Morgan fingerprint density at radius 1 is 1.19 bits per heavy atom. The summed E-state index contributed by atoms with van der Waals surface area (Å²) in [5.74, 6) is 0.145.